The van der Waals surface area contributed by atoms with Crippen molar-refractivity contribution in [2.75, 3.05) is 9.80 Å². The molecule has 7 nitrogen and oxygen atoms in total. The van der Waals surface area contributed by atoms with Crippen LogP contribution in [0, 0.1) is 0 Å². The molecular formula is C44H32F6N2O5. The van der Waals surface area contributed by atoms with Crippen LogP contribution in [0.1, 0.15) is 79.7 Å². The number of carbonyl (C=O) groups is 3. The highest BCUT2D eigenvalue weighted by Gasteiger charge is 2.55. The number of hydrogen-bond donors (Lipinski definition) is 0. The lowest BCUT2D eigenvalue weighted by molar-refractivity contribution is -0.171. The van der Waals surface area contributed by atoms with Gasteiger partial charge in [0.05, 0.1) is 28.0 Å². The highest BCUT2D eigenvalue weighted by atomic mass is 19.4. The molecule has 0 atom stereocenters. The summed E-state index contributed by atoms with van der Waals surface area (Å²) in [5, 5.41) is 1.81. The van der Waals surface area contributed by atoms with Crippen LogP contribution in [-0.2, 0) is 19.9 Å². The van der Waals surface area contributed by atoms with Crippen molar-refractivity contribution in [1.82, 2.24) is 0 Å². The van der Waals surface area contributed by atoms with Crippen LogP contribution in [0.5, 0.6) is 11.5 Å². The Morgan fingerprint density at radius 3 is 1.44 bits per heavy atom. The number of ether oxygens (including phenoxy) is 2. The van der Waals surface area contributed by atoms with Crippen LogP contribution < -0.4 is 14.5 Å². The van der Waals surface area contributed by atoms with Crippen molar-refractivity contribution < 1.29 is 50.2 Å². The summed E-state index contributed by atoms with van der Waals surface area (Å²) in [4.78, 5) is 41.1. The third-order valence-corrected chi connectivity index (χ3v) is 11.4. The highest BCUT2D eigenvalue weighted by Crippen LogP contribution is 2.60. The van der Waals surface area contributed by atoms with Gasteiger partial charge >= 0.3 is 30.1 Å². The van der Waals surface area contributed by atoms with Crippen LogP contribution in [0.2, 0.25) is 0 Å². The average Bonchev–Trinajstić information content (AvgIpc) is 3.41. The molecule has 0 bridgehead atoms. The van der Waals surface area contributed by atoms with Gasteiger partial charge in [0.2, 0.25) is 0 Å². The van der Waals surface area contributed by atoms with E-state index in [1.54, 1.807) is 86.7 Å². The molecule has 5 aromatic rings. The van der Waals surface area contributed by atoms with Gasteiger partial charge in [-0.1, -0.05) is 42.5 Å². The number of alkyl halides is 6. The molecule has 0 N–H and O–H groups in total. The SMILES string of the molecule is CC1=CC(C)(C)N(C(=O)C(F)(F)F)c2ccc3c4c(ccc3c21)C1(OC(=O)c2ccccc21)c1ccc2c3c(ccc2c1O4)N(C(=O)C(F)(F)F)C(C)(C)C=C3C. The van der Waals surface area contributed by atoms with Gasteiger partial charge in [0, 0.05) is 38.6 Å². The normalized spacial score (nSPS) is 18.5. The van der Waals surface area contributed by atoms with E-state index in [2.05, 4.69) is 0 Å². The Morgan fingerprint density at radius 2 is 1.00 bits per heavy atom. The Bertz CT molecular complexity index is 2620. The maximum atomic E-state index is 14.0. The zero-order valence-corrected chi connectivity index (χ0v) is 31.3. The van der Waals surface area contributed by atoms with Crippen LogP contribution in [0.3, 0.4) is 0 Å². The largest absolute Gasteiger partial charge is 0.471 e. The summed E-state index contributed by atoms with van der Waals surface area (Å²) >= 11 is 0. The summed E-state index contributed by atoms with van der Waals surface area (Å²) in [6.07, 6.45) is -7.10. The van der Waals surface area contributed by atoms with Crippen molar-refractivity contribution in [3.63, 3.8) is 0 Å². The number of anilines is 2. The predicted octanol–water partition coefficient (Wildman–Crippen LogP) is 10.7. The Hall–Kier alpha value is -6.11. The fraction of sp³-hybridized carbons (Fsp3) is 0.250. The lowest BCUT2D eigenvalue weighted by Gasteiger charge is -2.43. The van der Waals surface area contributed by atoms with Crippen LogP contribution >= 0.6 is 0 Å². The number of carbonyl (C=O) groups excluding carboxylic acids is 3. The number of amides is 2. The Balaban J connectivity index is 1.34. The molecule has 4 aliphatic rings. The van der Waals surface area contributed by atoms with Gasteiger partial charge in [-0.15, -0.1) is 0 Å². The molecule has 0 aromatic heterocycles. The minimum absolute atomic E-state index is 0.0542. The molecule has 290 valence electrons. The monoisotopic (exact) mass is 782 g/mol. The average molecular weight is 783 g/mol. The van der Waals surface area contributed by atoms with E-state index in [9.17, 15) is 40.7 Å². The topological polar surface area (TPSA) is 76.2 Å². The Kier molecular flexibility index (Phi) is 7.22. The van der Waals surface area contributed by atoms with E-state index in [1.807, 2.05) is 0 Å². The number of allylic oxidation sites excluding steroid dienone is 2. The number of halogens is 6. The van der Waals surface area contributed by atoms with Gasteiger partial charge < -0.3 is 9.47 Å². The van der Waals surface area contributed by atoms with Crippen LogP contribution in [0.4, 0.5) is 37.7 Å². The molecule has 4 aliphatic heterocycles. The molecule has 0 radical (unpaired) electrons. The number of benzene rings is 5. The van der Waals surface area contributed by atoms with Gasteiger partial charge in [0.25, 0.3) is 0 Å². The maximum Gasteiger partial charge on any atom is 0.471 e. The predicted molar refractivity (Wildman–Crippen MR) is 202 cm³/mol. The molecule has 0 aliphatic carbocycles. The summed E-state index contributed by atoms with van der Waals surface area (Å²) in [6, 6.07) is 19.7. The van der Waals surface area contributed by atoms with Crippen molar-refractivity contribution in [1.29, 1.82) is 0 Å². The maximum absolute atomic E-state index is 14.0. The van der Waals surface area contributed by atoms with E-state index in [4.69, 9.17) is 9.47 Å². The summed E-state index contributed by atoms with van der Waals surface area (Å²) in [5.74, 6) is -4.19. The van der Waals surface area contributed by atoms with Crippen LogP contribution in [0.25, 0.3) is 32.7 Å². The van der Waals surface area contributed by atoms with Gasteiger partial charge in [-0.25, -0.2) is 4.79 Å². The fourth-order valence-corrected chi connectivity index (χ4v) is 9.52. The standard InChI is InChI=1S/C44H32F6N2O5/c1-21-19-40(3,4)51(38(54)43(45,46)47)31-17-13-25-23(33(21)31)11-15-29-35(25)56-36-26-14-18-32-34(22(2)20-41(5,6)52(32)39(55)44(48,49)50)24(26)12-16-30(36)42(29)28-10-8-7-9-27(28)37(53)57-42/h7-20H,1-6H3. The first-order valence-electron chi connectivity index (χ1n) is 18.0. The second-order valence-corrected chi connectivity index (χ2v) is 16.0. The zero-order chi connectivity index (χ0) is 40.9. The van der Waals surface area contributed by atoms with Crippen molar-refractivity contribution in [3.05, 3.63) is 118 Å². The molecule has 0 unspecified atom stereocenters. The van der Waals surface area contributed by atoms with Crippen molar-refractivity contribution in [2.24, 2.45) is 0 Å². The molecule has 5 aromatic carbocycles. The van der Waals surface area contributed by atoms with Crippen LogP contribution in [-0.4, -0.2) is 41.2 Å². The second-order valence-electron chi connectivity index (χ2n) is 16.0. The van der Waals surface area contributed by atoms with Gasteiger partial charge in [0.15, 0.2) is 5.60 Å². The minimum atomic E-state index is -5.15. The number of esters is 1. The molecular weight excluding hydrogens is 750 g/mol. The lowest BCUT2D eigenvalue weighted by atomic mass is 9.75. The van der Waals surface area contributed by atoms with E-state index in [0.717, 1.165) is 9.80 Å². The summed E-state index contributed by atoms with van der Waals surface area (Å²) in [5.41, 5.74) is -0.456. The van der Waals surface area contributed by atoms with Crippen molar-refractivity contribution in [2.45, 2.75) is 70.6 Å². The van der Waals surface area contributed by atoms with E-state index in [-0.39, 0.29) is 22.9 Å². The van der Waals surface area contributed by atoms with E-state index in [0.29, 0.717) is 66.1 Å². The lowest BCUT2D eigenvalue weighted by Crippen LogP contribution is -2.53. The molecule has 13 heteroatoms. The number of rotatable bonds is 0. The third-order valence-electron chi connectivity index (χ3n) is 11.4. The van der Waals surface area contributed by atoms with Gasteiger partial charge in [-0.3, -0.25) is 19.4 Å². The van der Waals surface area contributed by atoms with E-state index in [1.165, 1.54) is 39.8 Å². The van der Waals surface area contributed by atoms with Crippen LogP contribution in [0.15, 0.2) is 84.9 Å². The first-order chi connectivity index (χ1) is 26.6. The number of fused-ring (bicyclic) bond motifs is 14. The molecule has 0 saturated heterocycles. The zero-order valence-electron chi connectivity index (χ0n) is 31.3. The first kappa shape index (κ1) is 36.5. The fourth-order valence-electron chi connectivity index (χ4n) is 9.52. The Labute approximate surface area is 321 Å². The molecule has 57 heavy (non-hydrogen) atoms. The summed E-state index contributed by atoms with van der Waals surface area (Å²) in [7, 11) is 0. The van der Waals surface area contributed by atoms with Gasteiger partial charge in [-0.05, 0) is 106 Å². The second kappa shape index (κ2) is 11.3. The smallest absolute Gasteiger partial charge is 0.455 e. The Morgan fingerprint density at radius 1 is 0.579 bits per heavy atom. The molecule has 4 heterocycles. The van der Waals surface area contributed by atoms with Crippen molar-refractivity contribution in [3.8, 4) is 11.5 Å². The first-order valence-corrected chi connectivity index (χ1v) is 18.0. The molecule has 1 spiro atoms. The van der Waals surface area contributed by atoms with Crippen molar-refractivity contribution >= 4 is 61.8 Å². The molecule has 0 fully saturated rings. The molecule has 0 saturated carbocycles. The summed E-state index contributed by atoms with van der Waals surface area (Å²) in [6.45, 7) is 9.60. The summed E-state index contributed by atoms with van der Waals surface area (Å²) < 4.78 is 97.5. The quantitative estimate of drug-likeness (QED) is 0.116. The van der Waals surface area contributed by atoms with E-state index < -0.39 is 46.8 Å². The highest BCUT2D eigenvalue weighted by molar-refractivity contribution is 6.13. The third kappa shape index (κ3) is 4.83. The van der Waals surface area contributed by atoms with Gasteiger partial charge in [0.1, 0.15) is 11.5 Å². The minimum Gasteiger partial charge on any atom is -0.455 e. The number of nitrogens with zero attached hydrogens (tertiary/aromatic N) is 2. The molecule has 2 amide bonds. The molecule has 9 rings (SSSR count). The van der Waals surface area contributed by atoms with E-state index >= 15 is 0 Å². The number of hydrogen-bond acceptors (Lipinski definition) is 5. The van der Waals surface area contributed by atoms with Gasteiger partial charge in [-0.2, -0.15) is 26.3 Å².